The molecule has 4 nitrogen and oxygen atoms in total. The number of rotatable bonds is 5. The molecule has 0 rings (SSSR count). The van der Waals surface area contributed by atoms with Gasteiger partial charge >= 0.3 is 0 Å². The van der Waals surface area contributed by atoms with Gasteiger partial charge in [0.05, 0.1) is 5.75 Å². The maximum atomic E-state index is 11.2. The first-order valence-corrected chi connectivity index (χ1v) is 5.31. The van der Waals surface area contributed by atoms with E-state index in [2.05, 4.69) is 11.3 Å². The second-order valence-electron chi connectivity index (χ2n) is 3.26. The number of nitrogens with two attached hydrogens (primary N) is 1. The largest absolute Gasteiger partial charge is 0.329 e. The Morgan fingerprint density at radius 1 is 1.58 bits per heavy atom. The molecule has 0 aliphatic rings. The third-order valence-electron chi connectivity index (χ3n) is 1.28. The van der Waals surface area contributed by atoms with Crippen LogP contribution >= 0.6 is 0 Å². The molecule has 0 saturated heterocycles. The predicted octanol–water partition coefficient (Wildman–Crippen LogP) is -0.171. The van der Waals surface area contributed by atoms with Gasteiger partial charge in [0, 0.05) is 12.1 Å². The van der Waals surface area contributed by atoms with Gasteiger partial charge in [0.25, 0.3) is 0 Å². The van der Waals surface area contributed by atoms with Crippen molar-refractivity contribution in [2.24, 2.45) is 5.73 Å². The SMILES string of the molecule is C=CCS(=O)(=O)NC(C)(C)CN. The van der Waals surface area contributed by atoms with Crippen molar-refractivity contribution in [1.29, 1.82) is 0 Å². The Kier molecular flexibility index (Phi) is 3.89. The van der Waals surface area contributed by atoms with Gasteiger partial charge in [0.2, 0.25) is 10.0 Å². The number of hydrogen-bond donors (Lipinski definition) is 2. The van der Waals surface area contributed by atoms with Gasteiger partial charge < -0.3 is 5.73 Å². The molecule has 0 fully saturated rings. The van der Waals surface area contributed by atoms with Gasteiger partial charge in [0.15, 0.2) is 0 Å². The maximum Gasteiger partial charge on any atom is 0.215 e. The van der Waals surface area contributed by atoms with Crippen molar-refractivity contribution in [2.45, 2.75) is 19.4 Å². The fraction of sp³-hybridized carbons (Fsp3) is 0.714. The van der Waals surface area contributed by atoms with Crippen molar-refractivity contribution in [3.8, 4) is 0 Å². The van der Waals surface area contributed by atoms with Crippen molar-refractivity contribution in [1.82, 2.24) is 4.72 Å². The van der Waals surface area contributed by atoms with Gasteiger partial charge in [-0.15, -0.1) is 6.58 Å². The zero-order valence-corrected chi connectivity index (χ0v) is 8.32. The summed E-state index contributed by atoms with van der Waals surface area (Å²) in [5, 5.41) is 0. The Morgan fingerprint density at radius 3 is 2.42 bits per heavy atom. The lowest BCUT2D eigenvalue weighted by Crippen LogP contribution is -2.49. The van der Waals surface area contributed by atoms with Crippen LogP contribution < -0.4 is 10.5 Å². The lowest BCUT2D eigenvalue weighted by molar-refractivity contribution is 0.464. The molecule has 0 aliphatic carbocycles. The molecule has 0 bridgehead atoms. The highest BCUT2D eigenvalue weighted by atomic mass is 32.2. The predicted molar refractivity (Wildman–Crippen MR) is 50.3 cm³/mol. The molecule has 0 unspecified atom stereocenters. The zero-order valence-electron chi connectivity index (χ0n) is 7.50. The molecular formula is C7H16N2O2S. The van der Waals surface area contributed by atoms with Crippen molar-refractivity contribution in [3.63, 3.8) is 0 Å². The van der Waals surface area contributed by atoms with E-state index in [1.807, 2.05) is 0 Å². The summed E-state index contributed by atoms with van der Waals surface area (Å²) in [6.45, 7) is 7.08. The minimum absolute atomic E-state index is 0.0730. The molecule has 0 aromatic rings. The highest BCUT2D eigenvalue weighted by Gasteiger charge is 2.21. The van der Waals surface area contributed by atoms with Crippen LogP contribution in [0, 0.1) is 0 Å². The Labute approximate surface area is 73.9 Å². The molecule has 0 aromatic carbocycles. The second-order valence-corrected chi connectivity index (χ2v) is 5.03. The van der Waals surface area contributed by atoms with Crippen molar-refractivity contribution >= 4 is 10.0 Å². The fourth-order valence-corrected chi connectivity index (χ4v) is 1.98. The van der Waals surface area contributed by atoms with E-state index in [1.165, 1.54) is 6.08 Å². The normalized spacial score (nSPS) is 12.9. The van der Waals surface area contributed by atoms with Gasteiger partial charge in [-0.05, 0) is 13.8 Å². The molecular weight excluding hydrogens is 176 g/mol. The Bertz CT molecular complexity index is 244. The first kappa shape index (κ1) is 11.6. The van der Waals surface area contributed by atoms with E-state index in [4.69, 9.17) is 5.73 Å². The van der Waals surface area contributed by atoms with Gasteiger partial charge in [-0.2, -0.15) is 0 Å². The van der Waals surface area contributed by atoms with Gasteiger partial charge in [0.1, 0.15) is 0 Å². The van der Waals surface area contributed by atoms with E-state index in [-0.39, 0.29) is 12.3 Å². The van der Waals surface area contributed by atoms with Crippen LogP contribution in [0.1, 0.15) is 13.8 Å². The summed E-state index contributed by atoms with van der Waals surface area (Å²) >= 11 is 0. The lowest BCUT2D eigenvalue weighted by atomic mass is 10.1. The smallest absolute Gasteiger partial charge is 0.215 e. The van der Waals surface area contributed by atoms with Gasteiger partial charge in [-0.3, -0.25) is 0 Å². The summed E-state index contributed by atoms with van der Waals surface area (Å²) in [7, 11) is -3.25. The van der Waals surface area contributed by atoms with E-state index in [1.54, 1.807) is 13.8 Å². The van der Waals surface area contributed by atoms with Crippen molar-refractivity contribution in [3.05, 3.63) is 12.7 Å². The van der Waals surface area contributed by atoms with Gasteiger partial charge in [-0.25, -0.2) is 13.1 Å². The van der Waals surface area contributed by atoms with Crippen LogP contribution in [0.5, 0.6) is 0 Å². The standard InChI is InChI=1S/C7H16N2O2S/c1-4-5-12(10,11)9-7(2,3)6-8/h4,9H,1,5-6,8H2,2-3H3. The molecule has 0 aromatic heterocycles. The van der Waals surface area contributed by atoms with Crippen LogP contribution in [0.15, 0.2) is 12.7 Å². The topological polar surface area (TPSA) is 72.2 Å². The number of nitrogens with one attached hydrogen (secondary N) is 1. The quantitative estimate of drug-likeness (QED) is 0.594. The monoisotopic (exact) mass is 192 g/mol. The Hall–Kier alpha value is -0.390. The Morgan fingerprint density at radius 2 is 2.08 bits per heavy atom. The molecule has 0 aliphatic heterocycles. The first-order chi connectivity index (χ1) is 5.33. The van der Waals surface area contributed by atoms with Crippen molar-refractivity contribution < 1.29 is 8.42 Å². The third-order valence-corrected chi connectivity index (χ3v) is 2.82. The average molecular weight is 192 g/mol. The molecule has 12 heavy (non-hydrogen) atoms. The van der Waals surface area contributed by atoms with Crippen LogP contribution in [0.25, 0.3) is 0 Å². The second kappa shape index (κ2) is 4.02. The van der Waals surface area contributed by atoms with Crippen LogP contribution in [-0.4, -0.2) is 26.3 Å². The van der Waals surface area contributed by atoms with Crippen LogP contribution in [0.2, 0.25) is 0 Å². The van der Waals surface area contributed by atoms with Crippen molar-refractivity contribution in [2.75, 3.05) is 12.3 Å². The average Bonchev–Trinajstić information content (AvgIpc) is 1.85. The molecule has 0 saturated carbocycles. The van der Waals surface area contributed by atoms with Crippen LogP contribution in [0.3, 0.4) is 0 Å². The highest BCUT2D eigenvalue weighted by molar-refractivity contribution is 7.89. The zero-order chi connectivity index (χ0) is 9.83. The minimum atomic E-state index is -3.25. The molecule has 72 valence electrons. The van der Waals surface area contributed by atoms with Gasteiger partial charge in [-0.1, -0.05) is 6.08 Å². The van der Waals surface area contributed by atoms with E-state index < -0.39 is 15.6 Å². The summed E-state index contributed by atoms with van der Waals surface area (Å²) in [6, 6.07) is 0. The van der Waals surface area contributed by atoms with E-state index in [9.17, 15) is 8.42 Å². The summed E-state index contributed by atoms with van der Waals surface area (Å²) in [6.07, 6.45) is 1.34. The molecule has 0 atom stereocenters. The third kappa shape index (κ3) is 4.48. The molecule has 0 amide bonds. The Balaban J connectivity index is 4.34. The lowest BCUT2D eigenvalue weighted by Gasteiger charge is -2.23. The fourth-order valence-electron chi connectivity index (χ4n) is 0.659. The number of hydrogen-bond acceptors (Lipinski definition) is 3. The van der Waals surface area contributed by atoms with E-state index in [0.717, 1.165) is 0 Å². The first-order valence-electron chi connectivity index (χ1n) is 3.65. The maximum absolute atomic E-state index is 11.2. The summed E-state index contributed by atoms with van der Waals surface area (Å²) in [5.74, 6) is -0.0730. The summed E-state index contributed by atoms with van der Waals surface area (Å²) < 4.78 is 24.8. The molecule has 0 radical (unpaired) electrons. The van der Waals surface area contributed by atoms with E-state index in [0.29, 0.717) is 0 Å². The van der Waals surface area contributed by atoms with Crippen LogP contribution in [0.4, 0.5) is 0 Å². The summed E-state index contributed by atoms with van der Waals surface area (Å²) in [5.41, 5.74) is 4.78. The molecule has 3 N–H and O–H groups in total. The molecule has 0 spiro atoms. The minimum Gasteiger partial charge on any atom is -0.329 e. The number of sulfonamides is 1. The molecule has 0 heterocycles. The van der Waals surface area contributed by atoms with E-state index >= 15 is 0 Å². The van der Waals surface area contributed by atoms with Crippen LogP contribution in [-0.2, 0) is 10.0 Å². The molecule has 5 heteroatoms. The summed E-state index contributed by atoms with van der Waals surface area (Å²) in [4.78, 5) is 0. The highest BCUT2D eigenvalue weighted by Crippen LogP contribution is 2.01.